The summed E-state index contributed by atoms with van der Waals surface area (Å²) in [6, 6.07) is 8.68. The molecule has 0 spiro atoms. The van der Waals surface area contributed by atoms with Gasteiger partial charge < -0.3 is 11.1 Å². The second-order valence-electron chi connectivity index (χ2n) is 4.14. The summed E-state index contributed by atoms with van der Waals surface area (Å²) in [5, 5.41) is 2.85. The molecule has 0 aliphatic rings. The van der Waals surface area contributed by atoms with Crippen molar-refractivity contribution in [2.24, 2.45) is 5.73 Å². The van der Waals surface area contributed by atoms with Crippen molar-refractivity contribution < 1.29 is 8.78 Å². The first kappa shape index (κ1) is 13.4. The molecule has 0 radical (unpaired) electrons. The summed E-state index contributed by atoms with van der Waals surface area (Å²) >= 11 is 4.77. The van der Waals surface area contributed by atoms with E-state index in [9.17, 15) is 8.78 Å². The number of anilines is 2. The van der Waals surface area contributed by atoms with Gasteiger partial charge in [0.05, 0.1) is 5.69 Å². The summed E-state index contributed by atoms with van der Waals surface area (Å²) in [6.45, 7) is 1.81. The van der Waals surface area contributed by atoms with Crippen LogP contribution < -0.4 is 11.1 Å². The highest BCUT2D eigenvalue weighted by atomic mass is 32.1. The van der Waals surface area contributed by atoms with E-state index < -0.39 is 5.82 Å². The molecular formula is C14H12F2N2S. The highest BCUT2D eigenvalue weighted by molar-refractivity contribution is 7.80. The average Bonchev–Trinajstić information content (AvgIpc) is 2.36. The topological polar surface area (TPSA) is 38.0 Å². The fourth-order valence-electron chi connectivity index (χ4n) is 1.64. The maximum atomic E-state index is 13.9. The Morgan fingerprint density at radius 1 is 1.11 bits per heavy atom. The van der Waals surface area contributed by atoms with E-state index in [4.69, 9.17) is 18.0 Å². The standard InChI is InChI=1S/C14H12F2N2S/c1-8-2-4-10(15)7-13(8)18-12-5-3-9(14(17)19)6-11(12)16/h2-7,18H,1H3,(H2,17,19). The van der Waals surface area contributed by atoms with Crippen LogP contribution >= 0.6 is 12.2 Å². The summed E-state index contributed by atoms with van der Waals surface area (Å²) in [7, 11) is 0. The smallest absolute Gasteiger partial charge is 0.147 e. The monoisotopic (exact) mass is 278 g/mol. The first-order valence-corrected chi connectivity index (χ1v) is 6.01. The zero-order chi connectivity index (χ0) is 14.0. The van der Waals surface area contributed by atoms with Gasteiger partial charge in [-0.3, -0.25) is 0 Å². The molecule has 19 heavy (non-hydrogen) atoms. The minimum Gasteiger partial charge on any atom is -0.389 e. The van der Waals surface area contributed by atoms with Crippen molar-refractivity contribution in [3.05, 3.63) is 59.2 Å². The molecule has 0 amide bonds. The minimum absolute atomic E-state index is 0.132. The van der Waals surface area contributed by atoms with Gasteiger partial charge in [-0.15, -0.1) is 0 Å². The van der Waals surface area contributed by atoms with Gasteiger partial charge in [0.1, 0.15) is 16.6 Å². The van der Waals surface area contributed by atoms with Crippen LogP contribution in [0.1, 0.15) is 11.1 Å². The highest BCUT2D eigenvalue weighted by Gasteiger charge is 2.07. The summed E-state index contributed by atoms with van der Waals surface area (Å²) in [4.78, 5) is 0.132. The number of benzene rings is 2. The minimum atomic E-state index is -0.492. The largest absolute Gasteiger partial charge is 0.389 e. The van der Waals surface area contributed by atoms with Gasteiger partial charge >= 0.3 is 0 Å². The predicted molar refractivity (Wildman–Crippen MR) is 76.7 cm³/mol. The molecule has 2 aromatic carbocycles. The Morgan fingerprint density at radius 3 is 2.47 bits per heavy atom. The number of halogens is 2. The fraction of sp³-hybridized carbons (Fsp3) is 0.0714. The lowest BCUT2D eigenvalue weighted by Crippen LogP contribution is -2.10. The molecule has 98 valence electrons. The summed E-state index contributed by atoms with van der Waals surface area (Å²) < 4.78 is 27.0. The molecule has 2 rings (SSSR count). The van der Waals surface area contributed by atoms with E-state index in [-0.39, 0.29) is 16.5 Å². The lowest BCUT2D eigenvalue weighted by molar-refractivity contribution is 0.626. The molecule has 0 bridgehead atoms. The second-order valence-corrected chi connectivity index (χ2v) is 4.58. The third-order valence-corrected chi connectivity index (χ3v) is 2.96. The molecule has 0 saturated heterocycles. The number of hydrogen-bond acceptors (Lipinski definition) is 2. The lowest BCUT2D eigenvalue weighted by atomic mass is 10.1. The first-order valence-electron chi connectivity index (χ1n) is 5.60. The van der Waals surface area contributed by atoms with E-state index >= 15 is 0 Å². The Morgan fingerprint density at radius 2 is 1.84 bits per heavy atom. The zero-order valence-electron chi connectivity index (χ0n) is 10.2. The molecule has 2 nitrogen and oxygen atoms in total. The molecule has 5 heteroatoms. The van der Waals surface area contributed by atoms with E-state index in [1.54, 1.807) is 12.1 Å². The van der Waals surface area contributed by atoms with Gasteiger partial charge in [0.2, 0.25) is 0 Å². The van der Waals surface area contributed by atoms with Crippen LogP contribution in [0.3, 0.4) is 0 Å². The Kier molecular flexibility index (Phi) is 3.76. The molecule has 0 heterocycles. The SMILES string of the molecule is Cc1ccc(F)cc1Nc1ccc(C(N)=S)cc1F. The van der Waals surface area contributed by atoms with E-state index in [1.165, 1.54) is 24.3 Å². The molecular weight excluding hydrogens is 266 g/mol. The maximum Gasteiger partial charge on any atom is 0.147 e. The number of nitrogens with one attached hydrogen (secondary N) is 1. The highest BCUT2D eigenvalue weighted by Crippen LogP contribution is 2.24. The lowest BCUT2D eigenvalue weighted by Gasteiger charge is -2.11. The van der Waals surface area contributed by atoms with Gasteiger partial charge in [-0.05, 0) is 42.8 Å². The Balaban J connectivity index is 2.33. The maximum absolute atomic E-state index is 13.9. The third kappa shape index (κ3) is 3.06. The van der Waals surface area contributed by atoms with Crippen LogP contribution in [0.15, 0.2) is 36.4 Å². The normalized spacial score (nSPS) is 10.3. The second kappa shape index (κ2) is 5.32. The number of thiocarbonyl (C=S) groups is 1. The van der Waals surface area contributed by atoms with Crippen molar-refractivity contribution in [3.8, 4) is 0 Å². The van der Waals surface area contributed by atoms with Crippen molar-refractivity contribution in [1.29, 1.82) is 0 Å². The van der Waals surface area contributed by atoms with Crippen LogP contribution in [0.5, 0.6) is 0 Å². The van der Waals surface area contributed by atoms with E-state index in [0.717, 1.165) is 5.56 Å². The Labute approximate surface area is 115 Å². The summed E-state index contributed by atoms with van der Waals surface area (Å²) in [5.41, 5.74) is 7.46. The van der Waals surface area contributed by atoms with E-state index in [2.05, 4.69) is 5.32 Å². The summed E-state index contributed by atoms with van der Waals surface area (Å²) in [6.07, 6.45) is 0. The molecule has 0 aromatic heterocycles. The van der Waals surface area contributed by atoms with Gasteiger partial charge in [0.25, 0.3) is 0 Å². The van der Waals surface area contributed by atoms with Gasteiger partial charge in [-0.25, -0.2) is 8.78 Å². The van der Waals surface area contributed by atoms with E-state index in [1.807, 2.05) is 6.92 Å². The fourth-order valence-corrected chi connectivity index (χ4v) is 1.77. The van der Waals surface area contributed by atoms with Crippen molar-refractivity contribution >= 4 is 28.6 Å². The quantitative estimate of drug-likeness (QED) is 0.842. The van der Waals surface area contributed by atoms with Crippen molar-refractivity contribution in [1.82, 2.24) is 0 Å². The van der Waals surface area contributed by atoms with Crippen LogP contribution in [-0.2, 0) is 0 Å². The predicted octanol–water partition coefficient (Wildman–Crippen LogP) is 3.65. The molecule has 0 saturated carbocycles. The molecule has 0 unspecified atom stereocenters. The van der Waals surface area contributed by atoms with Gasteiger partial charge in [0.15, 0.2) is 0 Å². The first-order chi connectivity index (χ1) is 8.97. The molecule has 0 aliphatic carbocycles. The number of aryl methyl sites for hydroxylation is 1. The molecule has 0 fully saturated rings. The average molecular weight is 278 g/mol. The van der Waals surface area contributed by atoms with Gasteiger partial charge in [0, 0.05) is 11.3 Å². The number of nitrogens with two attached hydrogens (primary N) is 1. The zero-order valence-corrected chi connectivity index (χ0v) is 11.0. The molecule has 0 atom stereocenters. The summed E-state index contributed by atoms with van der Waals surface area (Å²) in [5.74, 6) is -0.873. The van der Waals surface area contributed by atoms with Crippen LogP contribution in [0.25, 0.3) is 0 Å². The van der Waals surface area contributed by atoms with E-state index in [0.29, 0.717) is 11.3 Å². The van der Waals surface area contributed by atoms with Crippen LogP contribution in [0, 0.1) is 18.6 Å². The van der Waals surface area contributed by atoms with Crippen molar-refractivity contribution in [2.45, 2.75) is 6.92 Å². The molecule has 3 N–H and O–H groups in total. The van der Waals surface area contributed by atoms with Crippen LogP contribution in [0.4, 0.5) is 20.2 Å². The van der Waals surface area contributed by atoms with Gasteiger partial charge in [-0.1, -0.05) is 18.3 Å². The van der Waals surface area contributed by atoms with Gasteiger partial charge in [-0.2, -0.15) is 0 Å². The molecule has 2 aromatic rings. The Bertz CT molecular complexity index is 641. The van der Waals surface area contributed by atoms with Crippen LogP contribution in [-0.4, -0.2) is 4.99 Å². The third-order valence-electron chi connectivity index (χ3n) is 2.72. The number of hydrogen-bond donors (Lipinski definition) is 2. The Hall–Kier alpha value is -2.01. The van der Waals surface area contributed by atoms with Crippen LogP contribution in [0.2, 0.25) is 0 Å². The number of rotatable bonds is 3. The van der Waals surface area contributed by atoms with Crippen molar-refractivity contribution in [2.75, 3.05) is 5.32 Å². The van der Waals surface area contributed by atoms with Crippen molar-refractivity contribution in [3.63, 3.8) is 0 Å². The molecule has 0 aliphatic heterocycles.